The number of aromatic nitrogens is 3. The van der Waals surface area contributed by atoms with E-state index in [2.05, 4.69) is 15.4 Å². The van der Waals surface area contributed by atoms with E-state index in [0.717, 1.165) is 16.9 Å². The van der Waals surface area contributed by atoms with Gasteiger partial charge in [0.05, 0.1) is 23.1 Å². The van der Waals surface area contributed by atoms with Crippen LogP contribution in [0, 0.1) is 5.82 Å². The lowest BCUT2D eigenvalue weighted by Crippen LogP contribution is -2.26. The molecule has 0 aliphatic rings. The topological polar surface area (TPSA) is 59.8 Å². The van der Waals surface area contributed by atoms with Crippen molar-refractivity contribution >= 4 is 5.91 Å². The number of nitrogens with one attached hydrogen (secondary N) is 1. The van der Waals surface area contributed by atoms with Crippen molar-refractivity contribution in [3.8, 4) is 5.69 Å². The van der Waals surface area contributed by atoms with Gasteiger partial charge in [-0.1, -0.05) is 19.9 Å². The maximum Gasteiger partial charge on any atom is 0.254 e. The molecule has 6 heteroatoms. The number of benzene rings is 1. The first kappa shape index (κ1) is 17.8. The highest BCUT2D eigenvalue weighted by atomic mass is 19.1. The summed E-state index contributed by atoms with van der Waals surface area (Å²) in [5.41, 5.74) is 3.13. The molecule has 0 bridgehead atoms. The molecule has 26 heavy (non-hydrogen) atoms. The molecule has 1 N–H and O–H groups in total. The zero-order valence-electron chi connectivity index (χ0n) is 14.8. The summed E-state index contributed by atoms with van der Waals surface area (Å²) in [5, 5.41) is 7.28. The predicted molar refractivity (Wildman–Crippen MR) is 97.9 cm³/mol. The molecule has 0 fully saturated rings. The van der Waals surface area contributed by atoms with Crippen LogP contribution in [0.5, 0.6) is 0 Å². The number of rotatable bonds is 6. The number of amides is 1. The molecule has 0 aliphatic heterocycles. The van der Waals surface area contributed by atoms with Crippen LogP contribution in [-0.2, 0) is 6.42 Å². The highest BCUT2D eigenvalue weighted by Gasteiger charge is 2.20. The van der Waals surface area contributed by atoms with Gasteiger partial charge in [0.2, 0.25) is 0 Å². The fourth-order valence-corrected chi connectivity index (χ4v) is 2.84. The van der Waals surface area contributed by atoms with E-state index in [-0.39, 0.29) is 17.6 Å². The van der Waals surface area contributed by atoms with Crippen LogP contribution < -0.4 is 5.32 Å². The van der Waals surface area contributed by atoms with Gasteiger partial charge in [0.1, 0.15) is 5.82 Å². The summed E-state index contributed by atoms with van der Waals surface area (Å²) in [6, 6.07) is 9.92. The summed E-state index contributed by atoms with van der Waals surface area (Å²) in [4.78, 5) is 16.7. The number of carbonyl (C=O) groups is 1. The van der Waals surface area contributed by atoms with Gasteiger partial charge in [0.15, 0.2) is 0 Å². The molecule has 0 spiro atoms. The monoisotopic (exact) mass is 352 g/mol. The molecular formula is C20H21FN4O. The molecule has 2 aromatic heterocycles. The Bertz CT molecular complexity index is 873. The number of hydrogen-bond donors (Lipinski definition) is 1. The molecular weight excluding hydrogens is 331 g/mol. The highest BCUT2D eigenvalue weighted by Crippen LogP contribution is 2.23. The molecule has 0 saturated carbocycles. The maximum atomic E-state index is 13.2. The van der Waals surface area contributed by atoms with E-state index < -0.39 is 0 Å². The second-order valence-corrected chi connectivity index (χ2v) is 6.35. The number of halogens is 1. The van der Waals surface area contributed by atoms with Crippen LogP contribution in [0.3, 0.4) is 0 Å². The third-order valence-corrected chi connectivity index (χ3v) is 4.09. The summed E-state index contributed by atoms with van der Waals surface area (Å²) in [6.45, 7) is 4.52. The molecule has 5 nitrogen and oxygen atoms in total. The summed E-state index contributed by atoms with van der Waals surface area (Å²) < 4.78 is 14.9. The fraction of sp³-hybridized carbons (Fsp3) is 0.250. The van der Waals surface area contributed by atoms with Crippen LogP contribution >= 0.6 is 0 Å². The number of carbonyl (C=O) groups excluding carboxylic acids is 1. The van der Waals surface area contributed by atoms with E-state index in [1.165, 1.54) is 12.1 Å². The van der Waals surface area contributed by atoms with Crippen molar-refractivity contribution in [3.63, 3.8) is 0 Å². The molecule has 1 amide bonds. The normalized spacial score (nSPS) is 10.9. The minimum Gasteiger partial charge on any atom is -0.352 e. The Labute approximate surface area is 151 Å². The zero-order chi connectivity index (χ0) is 18.5. The van der Waals surface area contributed by atoms with Crippen LogP contribution in [0.4, 0.5) is 4.39 Å². The van der Waals surface area contributed by atoms with Crippen molar-refractivity contribution < 1.29 is 9.18 Å². The highest BCUT2D eigenvalue weighted by molar-refractivity contribution is 5.95. The molecule has 0 saturated heterocycles. The Morgan fingerprint density at radius 2 is 1.96 bits per heavy atom. The Hall–Kier alpha value is -3.02. The van der Waals surface area contributed by atoms with Crippen LogP contribution in [0.2, 0.25) is 0 Å². The van der Waals surface area contributed by atoms with Crippen molar-refractivity contribution in [1.82, 2.24) is 20.1 Å². The van der Waals surface area contributed by atoms with Crippen molar-refractivity contribution in [1.29, 1.82) is 0 Å². The SMILES string of the molecule is CC(C)c1c(C(=O)NCCc2cccnc2)cnn1-c1ccc(F)cc1. The number of hydrogen-bond acceptors (Lipinski definition) is 3. The molecule has 0 atom stereocenters. The summed E-state index contributed by atoms with van der Waals surface area (Å²) in [6.07, 6.45) is 5.79. The van der Waals surface area contributed by atoms with E-state index in [4.69, 9.17) is 0 Å². The Morgan fingerprint density at radius 1 is 1.19 bits per heavy atom. The number of nitrogens with zero attached hydrogens (tertiary/aromatic N) is 3. The lowest BCUT2D eigenvalue weighted by atomic mass is 10.0. The minimum atomic E-state index is -0.305. The van der Waals surface area contributed by atoms with Gasteiger partial charge in [-0.3, -0.25) is 9.78 Å². The number of pyridine rings is 1. The third-order valence-electron chi connectivity index (χ3n) is 4.09. The largest absolute Gasteiger partial charge is 0.352 e. The molecule has 134 valence electrons. The van der Waals surface area contributed by atoms with Crippen molar-refractivity contribution in [3.05, 3.63) is 77.6 Å². The molecule has 0 aliphatic carbocycles. The van der Waals surface area contributed by atoms with Crippen LogP contribution in [0.1, 0.15) is 41.4 Å². The van der Waals surface area contributed by atoms with Gasteiger partial charge >= 0.3 is 0 Å². The first-order valence-electron chi connectivity index (χ1n) is 8.57. The molecule has 0 unspecified atom stereocenters. The second-order valence-electron chi connectivity index (χ2n) is 6.35. The minimum absolute atomic E-state index is 0.0848. The first-order chi connectivity index (χ1) is 12.6. The predicted octanol–water partition coefficient (Wildman–Crippen LogP) is 3.50. The van der Waals surface area contributed by atoms with Gasteiger partial charge in [0.25, 0.3) is 5.91 Å². The van der Waals surface area contributed by atoms with Gasteiger partial charge in [0, 0.05) is 18.9 Å². The average Bonchev–Trinajstić information content (AvgIpc) is 3.08. The van der Waals surface area contributed by atoms with Gasteiger partial charge < -0.3 is 5.32 Å². The van der Waals surface area contributed by atoms with Crippen LogP contribution in [0.25, 0.3) is 5.69 Å². The van der Waals surface area contributed by atoms with E-state index in [9.17, 15) is 9.18 Å². The standard InChI is InChI=1S/C20H21FN4O/c1-14(2)19-18(13-24-25(19)17-7-5-16(21)6-8-17)20(26)23-11-9-15-4-3-10-22-12-15/h3-8,10,12-14H,9,11H2,1-2H3,(H,23,26). The lowest BCUT2D eigenvalue weighted by Gasteiger charge is -2.13. The first-order valence-corrected chi connectivity index (χ1v) is 8.57. The zero-order valence-corrected chi connectivity index (χ0v) is 14.8. The summed E-state index contributed by atoms with van der Waals surface area (Å²) in [7, 11) is 0. The van der Waals surface area contributed by atoms with Crippen molar-refractivity contribution in [2.45, 2.75) is 26.2 Å². The van der Waals surface area contributed by atoms with E-state index in [0.29, 0.717) is 18.5 Å². The van der Waals surface area contributed by atoms with E-state index in [1.807, 2.05) is 26.0 Å². The second kappa shape index (κ2) is 7.91. The maximum absolute atomic E-state index is 13.2. The van der Waals surface area contributed by atoms with Crippen LogP contribution in [0.15, 0.2) is 55.0 Å². The molecule has 2 heterocycles. The van der Waals surface area contributed by atoms with Crippen molar-refractivity contribution in [2.75, 3.05) is 6.54 Å². The Kier molecular flexibility index (Phi) is 5.41. The van der Waals surface area contributed by atoms with Crippen LogP contribution in [-0.4, -0.2) is 27.2 Å². The quantitative estimate of drug-likeness (QED) is 0.739. The third kappa shape index (κ3) is 3.96. The van der Waals surface area contributed by atoms with E-state index >= 15 is 0 Å². The van der Waals surface area contributed by atoms with Crippen molar-refractivity contribution in [2.24, 2.45) is 0 Å². The molecule has 1 aromatic carbocycles. The Morgan fingerprint density at radius 3 is 2.62 bits per heavy atom. The van der Waals surface area contributed by atoms with Gasteiger partial charge in [-0.15, -0.1) is 0 Å². The molecule has 3 rings (SSSR count). The Balaban J connectivity index is 1.76. The summed E-state index contributed by atoms with van der Waals surface area (Å²) >= 11 is 0. The summed E-state index contributed by atoms with van der Waals surface area (Å²) in [5.74, 6) is -0.382. The average molecular weight is 352 g/mol. The smallest absolute Gasteiger partial charge is 0.254 e. The van der Waals surface area contributed by atoms with Gasteiger partial charge in [-0.2, -0.15) is 5.10 Å². The van der Waals surface area contributed by atoms with Gasteiger partial charge in [-0.05, 0) is 48.2 Å². The van der Waals surface area contributed by atoms with E-state index in [1.54, 1.807) is 35.4 Å². The molecule has 0 radical (unpaired) electrons. The lowest BCUT2D eigenvalue weighted by molar-refractivity contribution is 0.0952. The fourth-order valence-electron chi connectivity index (χ4n) is 2.84. The molecule has 3 aromatic rings. The van der Waals surface area contributed by atoms with Gasteiger partial charge in [-0.25, -0.2) is 9.07 Å².